The van der Waals surface area contributed by atoms with E-state index in [4.69, 9.17) is 15.1 Å². The fourth-order valence-electron chi connectivity index (χ4n) is 1.51. The molecule has 0 bridgehead atoms. The smallest absolute Gasteiger partial charge is 0.429 e. The van der Waals surface area contributed by atoms with Gasteiger partial charge in [0, 0.05) is 11.5 Å². The zero-order valence-electron chi connectivity index (χ0n) is 9.36. The molecule has 0 spiro atoms. The number of hydrogen-bond donors (Lipinski definition) is 3. The summed E-state index contributed by atoms with van der Waals surface area (Å²) in [6, 6.07) is 4.89. The normalized spacial score (nSPS) is 10.3. The van der Waals surface area contributed by atoms with Gasteiger partial charge in [-0.1, -0.05) is 0 Å². The Kier molecular flexibility index (Phi) is 3.22. The van der Waals surface area contributed by atoms with Gasteiger partial charge in [0.05, 0.1) is 12.6 Å². The molecule has 94 valence electrons. The van der Waals surface area contributed by atoms with Crippen molar-refractivity contribution < 1.29 is 19.8 Å². The molecule has 0 aliphatic rings. The van der Waals surface area contributed by atoms with Crippen LogP contribution in [0.2, 0.25) is 0 Å². The van der Waals surface area contributed by atoms with Crippen LogP contribution in [-0.4, -0.2) is 33.5 Å². The number of ether oxygens (including phenoxy) is 1. The average Bonchev–Trinajstić information content (AvgIpc) is 2.38. The number of benzene rings is 1. The first-order valence-electron chi connectivity index (χ1n) is 4.89. The third kappa shape index (κ3) is 2.01. The molecule has 0 aliphatic carbocycles. The van der Waals surface area contributed by atoms with Crippen molar-refractivity contribution in [2.75, 3.05) is 12.1 Å². The van der Waals surface area contributed by atoms with E-state index in [9.17, 15) is 4.79 Å². The summed E-state index contributed by atoms with van der Waals surface area (Å²) in [6.45, 7) is 0. The van der Waals surface area contributed by atoms with Gasteiger partial charge in [0.25, 0.3) is 0 Å². The second-order valence-corrected chi connectivity index (χ2v) is 3.30. The minimum Gasteiger partial charge on any atom is -0.497 e. The molecule has 0 radical (unpaired) electrons. The van der Waals surface area contributed by atoms with E-state index in [1.54, 1.807) is 23.8 Å². The number of carboxylic acid groups (broad SMARTS) is 1. The molecule has 2 aromatic rings. The van der Waals surface area contributed by atoms with Crippen molar-refractivity contribution in [3.05, 3.63) is 24.5 Å². The van der Waals surface area contributed by atoms with Crippen molar-refractivity contribution in [2.24, 2.45) is 0 Å². The molecule has 3 N–H and O–H groups in total. The van der Waals surface area contributed by atoms with Gasteiger partial charge in [-0.25, -0.2) is 14.8 Å². The van der Waals surface area contributed by atoms with Crippen LogP contribution in [0.3, 0.4) is 0 Å². The molecule has 0 aliphatic heterocycles. The topological polar surface area (TPSA) is 108 Å². The molecule has 0 saturated carbocycles. The molecule has 1 aromatic heterocycles. The highest BCUT2D eigenvalue weighted by Gasteiger charge is 2.18. The Morgan fingerprint density at radius 1 is 1.44 bits per heavy atom. The van der Waals surface area contributed by atoms with E-state index >= 15 is 0 Å². The Balaban J connectivity index is 2.61. The van der Waals surface area contributed by atoms with E-state index in [0.29, 0.717) is 21.7 Å². The summed E-state index contributed by atoms with van der Waals surface area (Å²) in [5, 5.41) is 18.7. The van der Waals surface area contributed by atoms with Crippen LogP contribution in [-0.2, 0) is 0 Å². The monoisotopic (exact) mass is 250 g/mol. The molecular weight excluding hydrogens is 240 g/mol. The molecule has 2 rings (SSSR count). The molecule has 8 nitrogen and oxygen atoms in total. The molecule has 0 unspecified atom stereocenters. The van der Waals surface area contributed by atoms with E-state index in [2.05, 4.69) is 9.97 Å². The Hall–Kier alpha value is -2.45. The summed E-state index contributed by atoms with van der Waals surface area (Å²) in [7, 11) is 1.52. The maximum atomic E-state index is 10.9. The van der Waals surface area contributed by atoms with E-state index < -0.39 is 6.09 Å². The first-order chi connectivity index (χ1) is 8.67. The van der Waals surface area contributed by atoms with Crippen molar-refractivity contribution in [3.8, 4) is 5.75 Å². The first kappa shape index (κ1) is 12.0. The molecule has 18 heavy (non-hydrogen) atoms. The number of amides is 1. The van der Waals surface area contributed by atoms with Crippen molar-refractivity contribution in [1.29, 1.82) is 0 Å². The highest BCUT2D eigenvalue weighted by Crippen LogP contribution is 2.25. The van der Waals surface area contributed by atoms with Crippen LogP contribution in [0.25, 0.3) is 10.9 Å². The number of nitrogens with zero attached hydrogens (tertiary/aromatic N) is 3. The maximum absolute atomic E-state index is 10.9. The van der Waals surface area contributed by atoms with Gasteiger partial charge in [-0.3, -0.25) is 5.21 Å². The largest absolute Gasteiger partial charge is 0.497 e. The van der Waals surface area contributed by atoms with Crippen molar-refractivity contribution >= 4 is 22.8 Å². The molecule has 8 heteroatoms. The fourth-order valence-corrected chi connectivity index (χ4v) is 1.51. The van der Waals surface area contributed by atoms with E-state index in [1.807, 2.05) is 0 Å². The molecule has 0 atom stereocenters. The van der Waals surface area contributed by atoms with Crippen LogP contribution in [0, 0.1) is 0 Å². The summed E-state index contributed by atoms with van der Waals surface area (Å²) in [5.41, 5.74) is 2.05. The molecule has 0 saturated heterocycles. The van der Waals surface area contributed by atoms with Gasteiger partial charge in [0.1, 0.15) is 12.1 Å². The number of rotatable bonds is 3. The Bertz CT molecular complexity index is 589. The molecule has 1 amide bonds. The SMILES string of the molecule is COc1ccc2c(N(NO)C(=O)O)ncnc2c1. The Morgan fingerprint density at radius 2 is 2.22 bits per heavy atom. The lowest BCUT2D eigenvalue weighted by Gasteiger charge is -2.16. The number of anilines is 1. The van der Waals surface area contributed by atoms with Crippen LogP contribution in [0.15, 0.2) is 24.5 Å². The van der Waals surface area contributed by atoms with E-state index in [0.717, 1.165) is 0 Å². The quantitative estimate of drug-likeness (QED) is 0.698. The number of nitrogens with one attached hydrogen (secondary N) is 1. The van der Waals surface area contributed by atoms with Crippen LogP contribution >= 0.6 is 0 Å². The van der Waals surface area contributed by atoms with Crippen LogP contribution in [0.5, 0.6) is 5.75 Å². The van der Waals surface area contributed by atoms with Gasteiger partial charge in [-0.15, -0.1) is 5.59 Å². The lowest BCUT2D eigenvalue weighted by molar-refractivity contribution is 0.136. The van der Waals surface area contributed by atoms with Gasteiger partial charge in [-0.2, -0.15) is 5.01 Å². The maximum Gasteiger partial charge on any atom is 0.429 e. The Morgan fingerprint density at radius 3 is 2.83 bits per heavy atom. The summed E-state index contributed by atoms with van der Waals surface area (Å²) in [5.74, 6) is 0.614. The van der Waals surface area contributed by atoms with Crippen molar-refractivity contribution in [1.82, 2.24) is 15.6 Å². The summed E-state index contributed by atoms with van der Waals surface area (Å²) in [4.78, 5) is 18.7. The molecule has 0 fully saturated rings. The second kappa shape index (κ2) is 4.82. The van der Waals surface area contributed by atoms with Crippen molar-refractivity contribution in [2.45, 2.75) is 0 Å². The number of hydrazine groups is 1. The van der Waals surface area contributed by atoms with Gasteiger partial charge in [0.2, 0.25) is 0 Å². The summed E-state index contributed by atoms with van der Waals surface area (Å²) < 4.78 is 5.04. The molecular formula is C10H10N4O4. The average molecular weight is 250 g/mol. The Labute approximate surface area is 101 Å². The lowest BCUT2D eigenvalue weighted by Crippen LogP contribution is -2.40. The number of fused-ring (bicyclic) bond motifs is 1. The zero-order chi connectivity index (χ0) is 13.1. The number of aromatic nitrogens is 2. The number of methoxy groups -OCH3 is 1. The second-order valence-electron chi connectivity index (χ2n) is 3.30. The molecule has 1 heterocycles. The highest BCUT2D eigenvalue weighted by molar-refractivity contribution is 5.97. The van der Waals surface area contributed by atoms with E-state index in [-0.39, 0.29) is 5.82 Å². The third-order valence-electron chi connectivity index (χ3n) is 2.33. The van der Waals surface area contributed by atoms with Gasteiger partial charge >= 0.3 is 6.09 Å². The highest BCUT2D eigenvalue weighted by atomic mass is 16.5. The minimum absolute atomic E-state index is 0.0256. The van der Waals surface area contributed by atoms with E-state index in [1.165, 1.54) is 13.4 Å². The van der Waals surface area contributed by atoms with Crippen LogP contribution in [0.1, 0.15) is 0 Å². The van der Waals surface area contributed by atoms with Gasteiger partial charge in [0.15, 0.2) is 5.82 Å². The predicted octanol–water partition coefficient (Wildman–Crippen LogP) is 1.02. The fraction of sp³-hybridized carbons (Fsp3) is 0.100. The van der Waals surface area contributed by atoms with Gasteiger partial charge in [-0.05, 0) is 12.1 Å². The first-order valence-corrected chi connectivity index (χ1v) is 4.89. The number of hydrogen-bond acceptors (Lipinski definition) is 6. The third-order valence-corrected chi connectivity index (χ3v) is 2.33. The summed E-state index contributed by atoms with van der Waals surface area (Å²) in [6.07, 6.45) is -0.196. The zero-order valence-corrected chi connectivity index (χ0v) is 9.36. The standard InChI is InChI=1S/C10H10N4O4/c1-18-6-2-3-7-8(4-6)11-5-12-9(7)14(13-17)10(15)16/h2-5,13,17H,1H3,(H,15,16). The van der Waals surface area contributed by atoms with Crippen LogP contribution in [0.4, 0.5) is 10.6 Å². The van der Waals surface area contributed by atoms with Crippen molar-refractivity contribution in [3.63, 3.8) is 0 Å². The van der Waals surface area contributed by atoms with Crippen LogP contribution < -0.4 is 15.3 Å². The number of carbonyl (C=O) groups is 1. The predicted molar refractivity (Wildman–Crippen MR) is 61.5 cm³/mol. The van der Waals surface area contributed by atoms with Gasteiger partial charge < -0.3 is 9.84 Å². The minimum atomic E-state index is -1.40. The lowest BCUT2D eigenvalue weighted by atomic mass is 10.2. The molecule has 1 aromatic carbocycles. The summed E-state index contributed by atoms with van der Waals surface area (Å²) >= 11 is 0.